The molecule has 0 bridgehead atoms. The highest BCUT2D eigenvalue weighted by molar-refractivity contribution is 6.32. The van der Waals surface area contributed by atoms with Crippen LogP contribution in [0.25, 0.3) is 23.0 Å². The van der Waals surface area contributed by atoms with Crippen LogP contribution < -0.4 is 0 Å². The van der Waals surface area contributed by atoms with E-state index >= 15 is 0 Å². The van der Waals surface area contributed by atoms with Crippen LogP contribution in [0.2, 0.25) is 5.02 Å². The first-order valence-corrected chi connectivity index (χ1v) is 6.68. The average molecular weight is 302 g/mol. The summed E-state index contributed by atoms with van der Waals surface area (Å²) in [6.07, 6.45) is 1.76. The molecule has 21 heavy (non-hydrogen) atoms. The molecule has 0 spiro atoms. The SMILES string of the molecule is Cc1cnc(-c2noc(-c3ccc(O)c(Cl)c3)n2)c(C)c1. The van der Waals surface area contributed by atoms with E-state index in [9.17, 15) is 5.11 Å². The molecule has 0 aliphatic carbocycles. The van der Waals surface area contributed by atoms with Crippen LogP contribution in [0, 0.1) is 13.8 Å². The Kier molecular flexibility index (Phi) is 3.35. The maximum Gasteiger partial charge on any atom is 0.258 e. The predicted molar refractivity (Wildman–Crippen MR) is 79.1 cm³/mol. The number of aromatic hydroxyl groups is 1. The van der Waals surface area contributed by atoms with Gasteiger partial charge in [-0.05, 0) is 43.2 Å². The first kappa shape index (κ1) is 13.6. The van der Waals surface area contributed by atoms with E-state index in [-0.39, 0.29) is 10.8 Å². The van der Waals surface area contributed by atoms with E-state index in [2.05, 4.69) is 15.1 Å². The van der Waals surface area contributed by atoms with Gasteiger partial charge in [-0.3, -0.25) is 4.98 Å². The second-order valence-electron chi connectivity index (χ2n) is 4.77. The average Bonchev–Trinajstić information content (AvgIpc) is 2.91. The highest BCUT2D eigenvalue weighted by Crippen LogP contribution is 2.29. The molecule has 2 heterocycles. The van der Waals surface area contributed by atoms with Gasteiger partial charge >= 0.3 is 0 Å². The summed E-state index contributed by atoms with van der Waals surface area (Å²) in [4.78, 5) is 8.67. The molecule has 0 amide bonds. The first-order valence-electron chi connectivity index (χ1n) is 6.31. The monoisotopic (exact) mass is 301 g/mol. The number of aromatic nitrogens is 3. The molecule has 3 rings (SSSR count). The Morgan fingerprint density at radius 1 is 1.19 bits per heavy atom. The third-order valence-corrected chi connectivity index (χ3v) is 3.35. The summed E-state index contributed by atoms with van der Waals surface area (Å²) in [7, 11) is 0. The summed E-state index contributed by atoms with van der Waals surface area (Å²) >= 11 is 5.88. The van der Waals surface area contributed by atoms with E-state index in [1.165, 1.54) is 6.07 Å². The molecule has 2 aromatic heterocycles. The van der Waals surface area contributed by atoms with Gasteiger partial charge in [0.25, 0.3) is 5.89 Å². The fourth-order valence-corrected chi connectivity index (χ4v) is 2.21. The maximum atomic E-state index is 9.43. The quantitative estimate of drug-likeness (QED) is 0.780. The molecule has 0 aliphatic heterocycles. The Labute approximate surface area is 126 Å². The molecule has 0 unspecified atom stereocenters. The number of pyridine rings is 1. The number of aryl methyl sites for hydroxylation is 2. The van der Waals surface area contributed by atoms with Gasteiger partial charge in [0.1, 0.15) is 11.4 Å². The van der Waals surface area contributed by atoms with Crippen molar-refractivity contribution in [1.82, 2.24) is 15.1 Å². The van der Waals surface area contributed by atoms with Gasteiger partial charge in [-0.25, -0.2) is 0 Å². The fourth-order valence-electron chi connectivity index (χ4n) is 2.03. The van der Waals surface area contributed by atoms with Crippen molar-refractivity contribution < 1.29 is 9.63 Å². The van der Waals surface area contributed by atoms with Gasteiger partial charge in [0.2, 0.25) is 5.82 Å². The predicted octanol–water partition coefficient (Wildman–Crippen LogP) is 3.77. The van der Waals surface area contributed by atoms with Crippen molar-refractivity contribution >= 4 is 11.6 Å². The molecule has 0 saturated carbocycles. The van der Waals surface area contributed by atoms with E-state index in [0.29, 0.717) is 23.0 Å². The number of halogens is 1. The summed E-state index contributed by atoms with van der Waals surface area (Å²) in [5, 5.41) is 13.6. The normalized spacial score (nSPS) is 10.8. The van der Waals surface area contributed by atoms with Crippen molar-refractivity contribution in [3.8, 4) is 28.7 Å². The Bertz CT molecular complexity index is 814. The molecule has 0 saturated heterocycles. The number of benzene rings is 1. The summed E-state index contributed by atoms with van der Waals surface area (Å²) < 4.78 is 5.24. The van der Waals surface area contributed by atoms with Crippen molar-refractivity contribution in [2.24, 2.45) is 0 Å². The van der Waals surface area contributed by atoms with E-state index in [1.54, 1.807) is 18.3 Å². The summed E-state index contributed by atoms with van der Waals surface area (Å²) in [5.74, 6) is 0.761. The minimum atomic E-state index is 0.0104. The smallest absolute Gasteiger partial charge is 0.258 e. The Hall–Kier alpha value is -2.40. The van der Waals surface area contributed by atoms with Gasteiger partial charge in [0, 0.05) is 11.8 Å². The molecular formula is C15H12ClN3O2. The number of phenolic OH excluding ortho intramolecular Hbond substituents is 1. The van der Waals surface area contributed by atoms with Crippen LogP contribution in [-0.2, 0) is 0 Å². The molecule has 6 heteroatoms. The lowest BCUT2D eigenvalue weighted by Gasteiger charge is -2.00. The van der Waals surface area contributed by atoms with Crippen LogP contribution >= 0.6 is 11.6 Å². The summed E-state index contributed by atoms with van der Waals surface area (Å²) in [6, 6.07) is 6.73. The molecule has 1 N–H and O–H groups in total. The largest absolute Gasteiger partial charge is 0.506 e. The Morgan fingerprint density at radius 2 is 2.00 bits per heavy atom. The summed E-state index contributed by atoms with van der Waals surface area (Å²) in [6.45, 7) is 3.92. The van der Waals surface area contributed by atoms with E-state index in [0.717, 1.165) is 11.1 Å². The molecule has 0 fully saturated rings. The number of phenols is 1. The van der Waals surface area contributed by atoms with Crippen LogP contribution in [-0.4, -0.2) is 20.2 Å². The zero-order valence-electron chi connectivity index (χ0n) is 11.5. The first-order chi connectivity index (χ1) is 10.0. The molecular weight excluding hydrogens is 290 g/mol. The fraction of sp³-hybridized carbons (Fsp3) is 0.133. The Morgan fingerprint density at radius 3 is 2.71 bits per heavy atom. The van der Waals surface area contributed by atoms with Crippen LogP contribution in [0.3, 0.4) is 0 Å². The molecule has 0 radical (unpaired) electrons. The van der Waals surface area contributed by atoms with Gasteiger partial charge in [-0.2, -0.15) is 4.98 Å². The third-order valence-electron chi connectivity index (χ3n) is 3.05. The van der Waals surface area contributed by atoms with Gasteiger partial charge in [0.05, 0.1) is 5.02 Å². The lowest BCUT2D eigenvalue weighted by molar-refractivity contribution is 0.432. The lowest BCUT2D eigenvalue weighted by Crippen LogP contribution is -1.91. The topological polar surface area (TPSA) is 72.0 Å². The number of rotatable bonds is 2. The van der Waals surface area contributed by atoms with Gasteiger partial charge < -0.3 is 9.63 Å². The van der Waals surface area contributed by atoms with Crippen LogP contribution in [0.4, 0.5) is 0 Å². The number of hydrogen-bond acceptors (Lipinski definition) is 5. The van der Waals surface area contributed by atoms with Gasteiger partial charge in [-0.15, -0.1) is 0 Å². The van der Waals surface area contributed by atoms with E-state index in [4.69, 9.17) is 16.1 Å². The minimum absolute atomic E-state index is 0.0104. The van der Waals surface area contributed by atoms with Crippen molar-refractivity contribution in [3.05, 3.63) is 46.6 Å². The molecule has 5 nitrogen and oxygen atoms in total. The zero-order chi connectivity index (χ0) is 15.0. The highest BCUT2D eigenvalue weighted by atomic mass is 35.5. The highest BCUT2D eigenvalue weighted by Gasteiger charge is 2.14. The van der Waals surface area contributed by atoms with Crippen LogP contribution in [0.1, 0.15) is 11.1 Å². The second-order valence-corrected chi connectivity index (χ2v) is 5.17. The van der Waals surface area contributed by atoms with Gasteiger partial charge in [-0.1, -0.05) is 22.8 Å². The zero-order valence-corrected chi connectivity index (χ0v) is 12.2. The second kappa shape index (κ2) is 5.18. The maximum absolute atomic E-state index is 9.43. The Balaban J connectivity index is 2.01. The molecule has 0 atom stereocenters. The van der Waals surface area contributed by atoms with Crippen molar-refractivity contribution in [2.45, 2.75) is 13.8 Å². The van der Waals surface area contributed by atoms with Crippen molar-refractivity contribution in [3.63, 3.8) is 0 Å². The minimum Gasteiger partial charge on any atom is -0.506 e. The molecule has 0 aliphatic rings. The van der Waals surface area contributed by atoms with E-state index in [1.807, 2.05) is 19.9 Å². The number of hydrogen-bond donors (Lipinski definition) is 1. The number of nitrogens with zero attached hydrogens (tertiary/aromatic N) is 3. The van der Waals surface area contributed by atoms with Crippen LogP contribution in [0.5, 0.6) is 5.75 Å². The molecule has 1 aromatic carbocycles. The van der Waals surface area contributed by atoms with E-state index < -0.39 is 0 Å². The third kappa shape index (κ3) is 2.60. The standard InChI is InChI=1S/C15H12ClN3O2/c1-8-5-9(2)13(17-7-8)14-18-15(21-19-14)10-3-4-12(20)11(16)6-10/h3-7,20H,1-2H3. The van der Waals surface area contributed by atoms with Crippen molar-refractivity contribution in [2.75, 3.05) is 0 Å². The summed E-state index contributed by atoms with van der Waals surface area (Å²) in [5.41, 5.74) is 3.37. The molecule has 3 aromatic rings. The lowest BCUT2D eigenvalue weighted by atomic mass is 10.1. The van der Waals surface area contributed by atoms with Crippen LogP contribution in [0.15, 0.2) is 35.0 Å². The van der Waals surface area contributed by atoms with Crippen molar-refractivity contribution in [1.29, 1.82) is 0 Å². The van der Waals surface area contributed by atoms with Gasteiger partial charge in [0.15, 0.2) is 0 Å². The molecule has 106 valence electrons.